The summed E-state index contributed by atoms with van der Waals surface area (Å²) in [4.78, 5) is 0. The van der Waals surface area contributed by atoms with Gasteiger partial charge in [-0.05, 0) is 49.2 Å². The maximum absolute atomic E-state index is 6.50. The molecule has 0 amide bonds. The van der Waals surface area contributed by atoms with Gasteiger partial charge in [0, 0.05) is 5.71 Å². The molecule has 0 heterocycles. The maximum atomic E-state index is 6.50. The first-order valence-corrected chi connectivity index (χ1v) is 6.13. The molecule has 5 nitrogen and oxygen atoms in total. The van der Waals surface area contributed by atoms with Crippen molar-refractivity contribution >= 4 is 28.5 Å². The summed E-state index contributed by atoms with van der Waals surface area (Å²) in [6.45, 7) is 3.50. The van der Waals surface area contributed by atoms with Gasteiger partial charge in [-0.1, -0.05) is 12.1 Å². The summed E-state index contributed by atoms with van der Waals surface area (Å²) < 4.78 is 0. The lowest BCUT2D eigenvalue weighted by Gasteiger charge is -2.07. The molecule has 0 saturated carbocycles. The average molecular weight is 271 g/mol. The summed E-state index contributed by atoms with van der Waals surface area (Å²) in [5.74, 6) is 0. The SMILES string of the molecule is CC(C)=N.Nc1ccc(-c2ccc(N)c(N)c2)cc1N. The Kier molecular flexibility index (Phi) is 4.97. The minimum absolute atomic E-state index is 0.563. The van der Waals surface area contributed by atoms with Crippen LogP contribution in [-0.4, -0.2) is 5.71 Å². The Morgan fingerprint density at radius 1 is 0.700 bits per heavy atom. The third-order valence-corrected chi connectivity index (χ3v) is 2.51. The van der Waals surface area contributed by atoms with E-state index in [-0.39, 0.29) is 0 Å². The highest BCUT2D eigenvalue weighted by Gasteiger charge is 2.02. The van der Waals surface area contributed by atoms with Crippen LogP contribution in [-0.2, 0) is 0 Å². The van der Waals surface area contributed by atoms with Crippen LogP contribution in [0.4, 0.5) is 22.7 Å². The summed E-state index contributed by atoms with van der Waals surface area (Å²) in [5, 5.41) is 6.50. The summed E-state index contributed by atoms with van der Waals surface area (Å²) in [6, 6.07) is 11.0. The Morgan fingerprint density at radius 2 is 1.00 bits per heavy atom. The monoisotopic (exact) mass is 271 g/mol. The molecular weight excluding hydrogens is 250 g/mol. The van der Waals surface area contributed by atoms with E-state index in [0.29, 0.717) is 28.5 Å². The van der Waals surface area contributed by atoms with Gasteiger partial charge in [0.05, 0.1) is 22.7 Å². The second-order valence-corrected chi connectivity index (χ2v) is 4.69. The van der Waals surface area contributed by atoms with Gasteiger partial charge in [-0.15, -0.1) is 0 Å². The van der Waals surface area contributed by atoms with Gasteiger partial charge >= 0.3 is 0 Å². The Labute approximate surface area is 119 Å². The Bertz CT molecular complexity index is 566. The van der Waals surface area contributed by atoms with Crippen LogP contribution in [0.1, 0.15) is 13.8 Å². The quantitative estimate of drug-likeness (QED) is 0.403. The van der Waals surface area contributed by atoms with E-state index in [0.717, 1.165) is 11.1 Å². The standard InChI is InChI=1S/C12H14N4.C3H7N/c13-9-3-1-7(5-11(9)15)8-2-4-10(14)12(16)6-8;1-3(2)4/h1-6H,13-16H2;4H,1-2H3. The third-order valence-electron chi connectivity index (χ3n) is 2.51. The summed E-state index contributed by atoms with van der Waals surface area (Å²) in [6.07, 6.45) is 0. The summed E-state index contributed by atoms with van der Waals surface area (Å²) in [5.41, 5.74) is 27.7. The van der Waals surface area contributed by atoms with Gasteiger partial charge in [0.1, 0.15) is 0 Å². The van der Waals surface area contributed by atoms with Crippen LogP contribution < -0.4 is 22.9 Å². The van der Waals surface area contributed by atoms with Crippen LogP contribution in [0.2, 0.25) is 0 Å². The van der Waals surface area contributed by atoms with Gasteiger partial charge in [0.15, 0.2) is 0 Å². The summed E-state index contributed by atoms with van der Waals surface area (Å²) >= 11 is 0. The molecule has 0 unspecified atom stereocenters. The number of hydrogen-bond acceptors (Lipinski definition) is 5. The molecule has 2 rings (SSSR count). The van der Waals surface area contributed by atoms with E-state index in [4.69, 9.17) is 28.3 Å². The zero-order valence-electron chi connectivity index (χ0n) is 11.8. The van der Waals surface area contributed by atoms with Gasteiger partial charge in [-0.3, -0.25) is 0 Å². The van der Waals surface area contributed by atoms with Gasteiger partial charge in [-0.25, -0.2) is 0 Å². The van der Waals surface area contributed by atoms with Crippen molar-refractivity contribution in [3.05, 3.63) is 36.4 Å². The molecule has 0 aliphatic heterocycles. The Balaban J connectivity index is 0.000000444. The number of nitrogens with one attached hydrogen (secondary N) is 1. The molecule has 20 heavy (non-hydrogen) atoms. The first-order chi connectivity index (χ1) is 9.31. The van der Waals surface area contributed by atoms with E-state index in [1.165, 1.54) is 0 Å². The fourth-order valence-corrected chi connectivity index (χ4v) is 1.51. The molecule has 0 aromatic heterocycles. The van der Waals surface area contributed by atoms with Gasteiger partial charge in [0.2, 0.25) is 0 Å². The minimum Gasteiger partial charge on any atom is -0.397 e. The van der Waals surface area contributed by atoms with Crippen LogP contribution in [0, 0.1) is 5.41 Å². The van der Waals surface area contributed by atoms with Gasteiger partial charge < -0.3 is 28.3 Å². The number of rotatable bonds is 1. The van der Waals surface area contributed by atoms with E-state index in [9.17, 15) is 0 Å². The van der Waals surface area contributed by atoms with E-state index in [1.807, 2.05) is 24.3 Å². The molecule has 106 valence electrons. The van der Waals surface area contributed by atoms with Crippen LogP contribution in [0.25, 0.3) is 11.1 Å². The minimum atomic E-state index is 0.563. The predicted octanol–water partition coefficient (Wildman–Crippen LogP) is 2.73. The summed E-state index contributed by atoms with van der Waals surface area (Å²) in [7, 11) is 0. The van der Waals surface area contributed by atoms with E-state index < -0.39 is 0 Å². The predicted molar refractivity (Wildman–Crippen MR) is 88.6 cm³/mol. The van der Waals surface area contributed by atoms with E-state index >= 15 is 0 Å². The van der Waals surface area contributed by atoms with Crippen molar-refractivity contribution < 1.29 is 0 Å². The smallest absolute Gasteiger partial charge is 0.0554 e. The number of hydrogen-bond donors (Lipinski definition) is 5. The zero-order valence-corrected chi connectivity index (χ0v) is 11.8. The lowest BCUT2D eigenvalue weighted by atomic mass is 10.0. The van der Waals surface area contributed by atoms with Crippen LogP contribution in [0.5, 0.6) is 0 Å². The first-order valence-electron chi connectivity index (χ1n) is 6.13. The largest absolute Gasteiger partial charge is 0.397 e. The normalized spacial score (nSPS) is 9.50. The van der Waals surface area contributed by atoms with Crippen LogP contribution in [0.15, 0.2) is 36.4 Å². The highest BCUT2D eigenvalue weighted by atomic mass is 14.7. The van der Waals surface area contributed by atoms with Crippen molar-refractivity contribution in [2.24, 2.45) is 0 Å². The van der Waals surface area contributed by atoms with Crippen molar-refractivity contribution in [1.82, 2.24) is 0 Å². The van der Waals surface area contributed by atoms with E-state index in [1.54, 1.807) is 26.0 Å². The molecule has 0 fully saturated rings. The molecular formula is C15H21N5. The Hall–Kier alpha value is -2.69. The third kappa shape index (κ3) is 4.20. The van der Waals surface area contributed by atoms with Crippen molar-refractivity contribution in [3.63, 3.8) is 0 Å². The number of nitrogens with two attached hydrogens (primary N) is 4. The topological polar surface area (TPSA) is 128 Å². The highest BCUT2D eigenvalue weighted by molar-refractivity contribution is 5.78. The molecule has 2 aromatic rings. The van der Waals surface area contributed by atoms with Crippen molar-refractivity contribution in [1.29, 1.82) is 5.41 Å². The molecule has 0 bridgehead atoms. The highest BCUT2D eigenvalue weighted by Crippen LogP contribution is 2.28. The number of nitrogen functional groups attached to an aromatic ring is 4. The molecule has 0 spiro atoms. The van der Waals surface area contributed by atoms with Gasteiger partial charge in [0.25, 0.3) is 0 Å². The number of benzene rings is 2. The lowest BCUT2D eigenvalue weighted by molar-refractivity contribution is 1.45. The van der Waals surface area contributed by atoms with Crippen molar-refractivity contribution in [3.8, 4) is 11.1 Å². The zero-order chi connectivity index (χ0) is 15.3. The lowest BCUT2D eigenvalue weighted by Crippen LogP contribution is -1.96. The second kappa shape index (κ2) is 6.47. The molecule has 0 aliphatic carbocycles. The fourth-order valence-electron chi connectivity index (χ4n) is 1.51. The van der Waals surface area contributed by atoms with Crippen LogP contribution >= 0.6 is 0 Å². The van der Waals surface area contributed by atoms with Crippen LogP contribution in [0.3, 0.4) is 0 Å². The molecule has 9 N–H and O–H groups in total. The van der Waals surface area contributed by atoms with E-state index in [2.05, 4.69) is 0 Å². The molecule has 0 saturated heterocycles. The Morgan fingerprint density at radius 3 is 1.25 bits per heavy atom. The molecule has 0 atom stereocenters. The molecule has 2 aromatic carbocycles. The molecule has 0 radical (unpaired) electrons. The number of anilines is 4. The molecule has 5 heteroatoms. The fraction of sp³-hybridized carbons (Fsp3) is 0.133. The maximum Gasteiger partial charge on any atom is 0.0554 e. The first kappa shape index (κ1) is 15.4. The molecule has 0 aliphatic rings. The van der Waals surface area contributed by atoms with Gasteiger partial charge in [-0.2, -0.15) is 0 Å². The average Bonchev–Trinajstić information content (AvgIpc) is 2.35. The second-order valence-electron chi connectivity index (χ2n) is 4.69. The van der Waals surface area contributed by atoms with Crippen molar-refractivity contribution in [2.45, 2.75) is 13.8 Å². The van der Waals surface area contributed by atoms with Crippen molar-refractivity contribution in [2.75, 3.05) is 22.9 Å².